The molecule has 1 unspecified atom stereocenters. The molecule has 0 aliphatic rings. The molecular weight excluding hydrogens is 286 g/mol. The minimum atomic E-state index is 0. The lowest BCUT2D eigenvalue weighted by Crippen LogP contribution is -2.19. The van der Waals surface area contributed by atoms with Gasteiger partial charge in [0.2, 0.25) is 0 Å². The van der Waals surface area contributed by atoms with Crippen molar-refractivity contribution in [2.45, 2.75) is 12.5 Å². The van der Waals surface area contributed by atoms with Crippen molar-refractivity contribution in [3.05, 3.63) is 59.7 Å². The average molecular weight is 308 g/mol. The summed E-state index contributed by atoms with van der Waals surface area (Å²) in [6.45, 7) is 0. The molecule has 0 aliphatic heterocycles. The van der Waals surface area contributed by atoms with Gasteiger partial charge in [0.25, 0.3) is 0 Å². The molecule has 0 amide bonds. The molecule has 0 aliphatic carbocycles. The third kappa shape index (κ3) is 4.13. The van der Waals surface area contributed by atoms with Gasteiger partial charge in [-0.1, -0.05) is 42.5 Å². The van der Waals surface area contributed by atoms with Gasteiger partial charge in [-0.2, -0.15) is 0 Å². The molecule has 2 aromatic rings. The summed E-state index contributed by atoms with van der Waals surface area (Å²) in [6.07, 6.45) is 0.904. The van der Waals surface area contributed by atoms with Crippen LogP contribution in [-0.2, 0) is 6.42 Å². The molecule has 3 nitrogen and oxygen atoms in total. The molecule has 0 fully saturated rings. The molecule has 0 radical (unpaired) electrons. The third-order valence-electron chi connectivity index (χ3n) is 3.44. The quantitative estimate of drug-likeness (QED) is 0.884. The predicted molar refractivity (Wildman–Crippen MR) is 88.7 cm³/mol. The van der Waals surface area contributed by atoms with Crippen LogP contribution in [0.5, 0.6) is 11.5 Å². The molecule has 0 saturated carbocycles. The molecule has 21 heavy (non-hydrogen) atoms. The van der Waals surface area contributed by atoms with Crippen molar-refractivity contribution in [1.82, 2.24) is 5.32 Å². The number of hydrogen-bond donors (Lipinski definition) is 1. The van der Waals surface area contributed by atoms with Crippen LogP contribution in [0.4, 0.5) is 0 Å². The first-order chi connectivity index (χ1) is 9.80. The van der Waals surface area contributed by atoms with Gasteiger partial charge < -0.3 is 14.8 Å². The highest BCUT2D eigenvalue weighted by Crippen LogP contribution is 2.35. The van der Waals surface area contributed by atoms with Gasteiger partial charge >= 0.3 is 0 Å². The van der Waals surface area contributed by atoms with Gasteiger partial charge in [0.1, 0.15) is 0 Å². The largest absolute Gasteiger partial charge is 0.493 e. The molecule has 0 aromatic heterocycles. The maximum Gasteiger partial charge on any atom is 0.165 e. The van der Waals surface area contributed by atoms with Crippen molar-refractivity contribution in [3.63, 3.8) is 0 Å². The van der Waals surface area contributed by atoms with E-state index in [1.807, 2.05) is 25.2 Å². The smallest absolute Gasteiger partial charge is 0.165 e. The summed E-state index contributed by atoms with van der Waals surface area (Å²) in [7, 11) is 5.30. The minimum absolute atomic E-state index is 0. The van der Waals surface area contributed by atoms with Crippen molar-refractivity contribution in [1.29, 1.82) is 0 Å². The highest BCUT2D eigenvalue weighted by Gasteiger charge is 2.18. The first kappa shape index (κ1) is 17.3. The molecule has 4 heteroatoms. The van der Waals surface area contributed by atoms with E-state index in [-0.39, 0.29) is 18.4 Å². The molecule has 0 heterocycles. The topological polar surface area (TPSA) is 30.5 Å². The molecule has 0 saturated heterocycles. The first-order valence-electron chi connectivity index (χ1n) is 6.72. The Morgan fingerprint density at radius 1 is 0.952 bits per heavy atom. The Morgan fingerprint density at radius 2 is 1.67 bits per heavy atom. The molecule has 1 atom stereocenters. The van der Waals surface area contributed by atoms with Crippen LogP contribution in [-0.4, -0.2) is 21.3 Å². The van der Waals surface area contributed by atoms with E-state index in [1.165, 1.54) is 5.56 Å². The van der Waals surface area contributed by atoms with E-state index in [4.69, 9.17) is 9.47 Å². The lowest BCUT2D eigenvalue weighted by Gasteiger charge is -2.21. The lowest BCUT2D eigenvalue weighted by molar-refractivity contribution is 0.347. The molecule has 2 rings (SSSR count). The SMILES string of the molecule is CNC(Cc1ccccc1)c1cccc(OC)c1OC.Cl. The van der Waals surface area contributed by atoms with E-state index in [0.717, 1.165) is 23.5 Å². The zero-order valence-corrected chi connectivity index (χ0v) is 13.4. The van der Waals surface area contributed by atoms with Crippen LogP contribution in [0.25, 0.3) is 0 Å². The second kappa shape index (κ2) is 8.55. The van der Waals surface area contributed by atoms with Gasteiger partial charge in [-0.25, -0.2) is 0 Å². The van der Waals surface area contributed by atoms with Gasteiger partial charge in [0.15, 0.2) is 11.5 Å². The number of benzene rings is 2. The first-order valence-corrected chi connectivity index (χ1v) is 6.72. The maximum absolute atomic E-state index is 5.52. The van der Waals surface area contributed by atoms with Crippen molar-refractivity contribution in [2.75, 3.05) is 21.3 Å². The van der Waals surface area contributed by atoms with Crippen LogP contribution >= 0.6 is 12.4 Å². The average Bonchev–Trinajstić information content (AvgIpc) is 2.52. The third-order valence-corrected chi connectivity index (χ3v) is 3.44. The number of hydrogen-bond acceptors (Lipinski definition) is 3. The van der Waals surface area contributed by atoms with Crippen molar-refractivity contribution in [2.24, 2.45) is 0 Å². The number of ether oxygens (including phenoxy) is 2. The summed E-state index contributed by atoms with van der Waals surface area (Å²) < 4.78 is 10.9. The summed E-state index contributed by atoms with van der Waals surface area (Å²) in [4.78, 5) is 0. The summed E-state index contributed by atoms with van der Waals surface area (Å²) in [5.41, 5.74) is 2.40. The number of nitrogens with one attached hydrogen (secondary N) is 1. The second-order valence-corrected chi connectivity index (χ2v) is 4.61. The Balaban J connectivity index is 0.00000220. The van der Waals surface area contributed by atoms with Gasteiger partial charge in [0, 0.05) is 11.6 Å². The van der Waals surface area contributed by atoms with Gasteiger partial charge in [0.05, 0.1) is 14.2 Å². The van der Waals surface area contributed by atoms with E-state index in [2.05, 4.69) is 35.6 Å². The molecule has 0 bridgehead atoms. The fourth-order valence-electron chi connectivity index (χ4n) is 2.40. The fraction of sp³-hybridized carbons (Fsp3) is 0.294. The Morgan fingerprint density at radius 3 is 2.24 bits per heavy atom. The molecule has 114 valence electrons. The predicted octanol–water partition coefficient (Wildman–Crippen LogP) is 3.63. The van der Waals surface area contributed by atoms with Crippen LogP contribution in [0.3, 0.4) is 0 Å². The van der Waals surface area contributed by atoms with E-state index in [0.29, 0.717) is 0 Å². The van der Waals surface area contributed by atoms with Crippen molar-refractivity contribution in [3.8, 4) is 11.5 Å². The molecule has 2 aromatic carbocycles. The molecule has 1 N–H and O–H groups in total. The summed E-state index contributed by atoms with van der Waals surface area (Å²) in [5.74, 6) is 1.56. The monoisotopic (exact) mass is 307 g/mol. The van der Waals surface area contributed by atoms with Crippen molar-refractivity contribution >= 4 is 12.4 Å². The van der Waals surface area contributed by atoms with E-state index >= 15 is 0 Å². The van der Waals surface area contributed by atoms with Crippen LogP contribution in [0.2, 0.25) is 0 Å². The Kier molecular flexibility index (Phi) is 7.06. The maximum atomic E-state index is 5.52. The van der Waals surface area contributed by atoms with Crippen LogP contribution in [0.15, 0.2) is 48.5 Å². The van der Waals surface area contributed by atoms with Crippen LogP contribution in [0.1, 0.15) is 17.2 Å². The zero-order chi connectivity index (χ0) is 14.4. The molecule has 0 spiro atoms. The Labute approximate surface area is 132 Å². The van der Waals surface area contributed by atoms with E-state index < -0.39 is 0 Å². The minimum Gasteiger partial charge on any atom is -0.493 e. The fourth-order valence-corrected chi connectivity index (χ4v) is 2.40. The lowest BCUT2D eigenvalue weighted by atomic mass is 9.98. The van der Waals surface area contributed by atoms with E-state index in [1.54, 1.807) is 14.2 Å². The number of para-hydroxylation sites is 1. The highest BCUT2D eigenvalue weighted by atomic mass is 35.5. The normalized spacial score (nSPS) is 11.4. The van der Waals surface area contributed by atoms with Crippen molar-refractivity contribution < 1.29 is 9.47 Å². The Bertz CT molecular complexity index is 546. The highest BCUT2D eigenvalue weighted by molar-refractivity contribution is 5.85. The number of methoxy groups -OCH3 is 2. The number of likely N-dealkylation sites (N-methyl/N-ethyl adjacent to an activating group) is 1. The Hall–Kier alpha value is -1.71. The number of rotatable bonds is 6. The van der Waals surface area contributed by atoms with Gasteiger partial charge in [-0.05, 0) is 25.1 Å². The van der Waals surface area contributed by atoms with Crippen LogP contribution in [0, 0.1) is 0 Å². The standard InChI is InChI=1S/C17H21NO2.ClH/c1-18-15(12-13-8-5-4-6-9-13)14-10-7-11-16(19-2)17(14)20-3;/h4-11,15,18H,12H2,1-3H3;1H. The van der Waals surface area contributed by atoms with Gasteiger partial charge in [-0.3, -0.25) is 0 Å². The summed E-state index contributed by atoms with van der Waals surface area (Å²) in [6, 6.07) is 16.6. The summed E-state index contributed by atoms with van der Waals surface area (Å²) in [5, 5.41) is 3.36. The molecular formula is C17H22ClNO2. The zero-order valence-electron chi connectivity index (χ0n) is 12.6. The number of halogens is 1. The second-order valence-electron chi connectivity index (χ2n) is 4.61. The van der Waals surface area contributed by atoms with Crippen LogP contribution < -0.4 is 14.8 Å². The summed E-state index contributed by atoms with van der Waals surface area (Å²) >= 11 is 0. The van der Waals surface area contributed by atoms with Gasteiger partial charge in [-0.15, -0.1) is 12.4 Å². The van der Waals surface area contributed by atoms with E-state index in [9.17, 15) is 0 Å².